The molecule has 0 aromatic carbocycles. The molecule has 0 bridgehead atoms. The van der Waals surface area contributed by atoms with Gasteiger partial charge in [0.05, 0.1) is 16.9 Å². The lowest BCUT2D eigenvalue weighted by molar-refractivity contribution is 0.556. The van der Waals surface area contributed by atoms with Crippen molar-refractivity contribution in [2.24, 2.45) is 0 Å². The predicted octanol–water partition coefficient (Wildman–Crippen LogP) is 2.39. The third kappa shape index (κ3) is 2.84. The standard InChI is InChI=1S/C11H13N3S/c1-9(11-4-2-3-5-12-11)13-6-10-7-15-8-14-10/h2-5,7-9,13H,6H2,1H3/t9-/m0/s1. The van der Waals surface area contributed by atoms with Gasteiger partial charge < -0.3 is 5.32 Å². The summed E-state index contributed by atoms with van der Waals surface area (Å²) in [7, 11) is 0. The van der Waals surface area contributed by atoms with Crippen molar-refractivity contribution in [1.29, 1.82) is 0 Å². The molecule has 2 aromatic heterocycles. The zero-order valence-electron chi connectivity index (χ0n) is 8.55. The number of pyridine rings is 1. The zero-order chi connectivity index (χ0) is 10.5. The molecule has 0 radical (unpaired) electrons. The molecule has 2 aromatic rings. The lowest BCUT2D eigenvalue weighted by Crippen LogP contribution is -2.19. The molecule has 0 amide bonds. The van der Waals surface area contributed by atoms with Crippen molar-refractivity contribution in [2.45, 2.75) is 19.5 Å². The molecule has 4 heteroatoms. The minimum atomic E-state index is 0.257. The highest BCUT2D eigenvalue weighted by atomic mass is 32.1. The molecule has 1 N–H and O–H groups in total. The molecule has 2 rings (SSSR count). The van der Waals surface area contributed by atoms with E-state index in [-0.39, 0.29) is 6.04 Å². The van der Waals surface area contributed by atoms with Crippen molar-refractivity contribution in [1.82, 2.24) is 15.3 Å². The molecular weight excluding hydrogens is 206 g/mol. The van der Waals surface area contributed by atoms with Crippen LogP contribution in [-0.2, 0) is 6.54 Å². The van der Waals surface area contributed by atoms with Crippen LogP contribution in [0, 0.1) is 0 Å². The van der Waals surface area contributed by atoms with Gasteiger partial charge >= 0.3 is 0 Å². The summed E-state index contributed by atoms with van der Waals surface area (Å²) in [5.74, 6) is 0. The third-order valence-electron chi connectivity index (χ3n) is 2.20. The first kappa shape index (κ1) is 10.3. The molecule has 1 atom stereocenters. The fourth-order valence-corrected chi connectivity index (χ4v) is 1.88. The van der Waals surface area contributed by atoms with E-state index in [0.717, 1.165) is 17.9 Å². The Morgan fingerprint density at radius 3 is 3.00 bits per heavy atom. The molecule has 0 fully saturated rings. The van der Waals surface area contributed by atoms with Gasteiger partial charge in [0.15, 0.2) is 0 Å². The zero-order valence-corrected chi connectivity index (χ0v) is 9.37. The molecule has 0 aliphatic carbocycles. The Hall–Kier alpha value is -1.26. The lowest BCUT2D eigenvalue weighted by Gasteiger charge is -2.11. The topological polar surface area (TPSA) is 37.8 Å². The first-order valence-corrected chi connectivity index (χ1v) is 5.82. The molecular formula is C11H13N3S. The molecule has 2 heterocycles. The predicted molar refractivity (Wildman–Crippen MR) is 61.6 cm³/mol. The van der Waals surface area contributed by atoms with Gasteiger partial charge in [0.25, 0.3) is 0 Å². The van der Waals surface area contributed by atoms with Gasteiger partial charge in [-0.25, -0.2) is 4.98 Å². The van der Waals surface area contributed by atoms with Crippen molar-refractivity contribution in [3.8, 4) is 0 Å². The van der Waals surface area contributed by atoms with Gasteiger partial charge in [-0.3, -0.25) is 4.98 Å². The van der Waals surface area contributed by atoms with Crippen LogP contribution < -0.4 is 5.32 Å². The van der Waals surface area contributed by atoms with Crippen LogP contribution in [0.5, 0.6) is 0 Å². The summed E-state index contributed by atoms with van der Waals surface area (Å²) < 4.78 is 0. The highest BCUT2D eigenvalue weighted by Gasteiger charge is 2.05. The number of aromatic nitrogens is 2. The number of hydrogen-bond acceptors (Lipinski definition) is 4. The van der Waals surface area contributed by atoms with E-state index in [1.807, 2.05) is 29.9 Å². The van der Waals surface area contributed by atoms with Gasteiger partial charge in [0.2, 0.25) is 0 Å². The first-order valence-electron chi connectivity index (χ1n) is 4.87. The van der Waals surface area contributed by atoms with E-state index >= 15 is 0 Å². The minimum absolute atomic E-state index is 0.257. The van der Waals surface area contributed by atoms with E-state index in [4.69, 9.17) is 0 Å². The minimum Gasteiger partial charge on any atom is -0.303 e. The van der Waals surface area contributed by atoms with Crippen LogP contribution in [0.4, 0.5) is 0 Å². The van der Waals surface area contributed by atoms with Gasteiger partial charge in [0.1, 0.15) is 0 Å². The molecule has 0 spiro atoms. The van der Waals surface area contributed by atoms with Crippen LogP contribution in [0.25, 0.3) is 0 Å². The second-order valence-corrected chi connectivity index (χ2v) is 4.06. The van der Waals surface area contributed by atoms with Crippen LogP contribution in [0.1, 0.15) is 24.4 Å². The van der Waals surface area contributed by atoms with Crippen LogP contribution in [0.15, 0.2) is 35.3 Å². The van der Waals surface area contributed by atoms with E-state index in [9.17, 15) is 0 Å². The Morgan fingerprint density at radius 1 is 1.40 bits per heavy atom. The highest BCUT2D eigenvalue weighted by molar-refractivity contribution is 7.07. The quantitative estimate of drug-likeness (QED) is 0.858. The van der Waals surface area contributed by atoms with Crippen molar-refractivity contribution < 1.29 is 0 Å². The van der Waals surface area contributed by atoms with E-state index in [2.05, 4.69) is 27.6 Å². The fraction of sp³-hybridized carbons (Fsp3) is 0.273. The number of rotatable bonds is 4. The van der Waals surface area contributed by atoms with E-state index in [0.29, 0.717) is 0 Å². The summed E-state index contributed by atoms with van der Waals surface area (Å²) in [6.45, 7) is 2.90. The van der Waals surface area contributed by atoms with Gasteiger partial charge in [-0.1, -0.05) is 6.07 Å². The molecule has 0 aliphatic heterocycles. The summed E-state index contributed by atoms with van der Waals surface area (Å²) in [6.07, 6.45) is 1.82. The Labute approximate surface area is 93.2 Å². The van der Waals surface area contributed by atoms with Crippen molar-refractivity contribution in [3.05, 3.63) is 46.7 Å². The molecule has 78 valence electrons. The Bertz CT molecular complexity index is 385. The van der Waals surface area contributed by atoms with Crippen LogP contribution in [-0.4, -0.2) is 9.97 Å². The normalized spacial score (nSPS) is 12.6. The Kier molecular flexibility index (Phi) is 3.42. The average molecular weight is 219 g/mol. The maximum absolute atomic E-state index is 4.30. The van der Waals surface area contributed by atoms with Crippen molar-refractivity contribution in [2.75, 3.05) is 0 Å². The smallest absolute Gasteiger partial charge is 0.0795 e. The summed E-state index contributed by atoms with van der Waals surface area (Å²) in [4.78, 5) is 8.52. The monoisotopic (exact) mass is 219 g/mol. The average Bonchev–Trinajstić information content (AvgIpc) is 2.80. The molecule has 15 heavy (non-hydrogen) atoms. The molecule has 3 nitrogen and oxygen atoms in total. The van der Waals surface area contributed by atoms with Gasteiger partial charge in [0, 0.05) is 24.2 Å². The van der Waals surface area contributed by atoms with Crippen molar-refractivity contribution in [3.63, 3.8) is 0 Å². The Balaban J connectivity index is 1.90. The van der Waals surface area contributed by atoms with Gasteiger partial charge in [-0.05, 0) is 19.1 Å². The largest absolute Gasteiger partial charge is 0.303 e. The van der Waals surface area contributed by atoms with E-state index in [1.54, 1.807) is 11.3 Å². The van der Waals surface area contributed by atoms with E-state index < -0.39 is 0 Å². The van der Waals surface area contributed by atoms with Crippen LogP contribution in [0.2, 0.25) is 0 Å². The fourth-order valence-electron chi connectivity index (χ4n) is 1.32. The van der Waals surface area contributed by atoms with Gasteiger partial charge in [-0.15, -0.1) is 11.3 Å². The second-order valence-electron chi connectivity index (χ2n) is 3.34. The third-order valence-corrected chi connectivity index (χ3v) is 2.84. The summed E-state index contributed by atoms with van der Waals surface area (Å²) >= 11 is 1.62. The van der Waals surface area contributed by atoms with Crippen LogP contribution in [0.3, 0.4) is 0 Å². The summed E-state index contributed by atoms with van der Waals surface area (Å²) in [5.41, 5.74) is 4.00. The number of thiazole rings is 1. The molecule has 0 unspecified atom stereocenters. The summed E-state index contributed by atoms with van der Waals surface area (Å²) in [6, 6.07) is 6.21. The maximum atomic E-state index is 4.30. The maximum Gasteiger partial charge on any atom is 0.0795 e. The summed E-state index contributed by atoms with van der Waals surface area (Å²) in [5, 5.41) is 5.44. The second kappa shape index (κ2) is 5.00. The Morgan fingerprint density at radius 2 is 2.33 bits per heavy atom. The van der Waals surface area contributed by atoms with Gasteiger partial charge in [-0.2, -0.15) is 0 Å². The number of nitrogens with one attached hydrogen (secondary N) is 1. The SMILES string of the molecule is C[C@H](NCc1cscn1)c1ccccn1. The van der Waals surface area contributed by atoms with Crippen molar-refractivity contribution >= 4 is 11.3 Å². The number of hydrogen-bond donors (Lipinski definition) is 1. The highest BCUT2D eigenvalue weighted by Crippen LogP contribution is 2.09. The van der Waals surface area contributed by atoms with E-state index in [1.165, 1.54) is 0 Å². The molecule has 0 saturated carbocycles. The van der Waals surface area contributed by atoms with Crippen LogP contribution >= 0.6 is 11.3 Å². The molecule has 0 aliphatic rings. The first-order chi connectivity index (χ1) is 7.36. The number of nitrogens with zero attached hydrogens (tertiary/aromatic N) is 2. The molecule has 0 saturated heterocycles. The lowest BCUT2D eigenvalue weighted by atomic mass is 10.2.